The van der Waals surface area contributed by atoms with Gasteiger partial charge in [0.25, 0.3) is 0 Å². The van der Waals surface area contributed by atoms with Crippen molar-refractivity contribution in [2.45, 2.75) is 18.4 Å². The highest BCUT2D eigenvalue weighted by molar-refractivity contribution is 6.35. The first-order valence-electron chi connectivity index (χ1n) is 10.1. The Morgan fingerprint density at radius 3 is 2.72 bits per heavy atom. The number of hydrogen-bond acceptors (Lipinski definition) is 5. The van der Waals surface area contributed by atoms with Crippen LogP contribution in [0.1, 0.15) is 5.56 Å². The van der Waals surface area contributed by atoms with Crippen LogP contribution in [0.25, 0.3) is 5.69 Å². The average Bonchev–Trinajstić information content (AvgIpc) is 3.56. The zero-order chi connectivity index (χ0) is 22.0. The van der Waals surface area contributed by atoms with Crippen LogP contribution >= 0.6 is 23.2 Å². The molecule has 7 nitrogen and oxygen atoms in total. The van der Waals surface area contributed by atoms with Gasteiger partial charge in [-0.25, -0.2) is 9.97 Å². The number of aromatic nitrogens is 4. The van der Waals surface area contributed by atoms with Crippen LogP contribution in [-0.4, -0.2) is 38.4 Å². The molecule has 2 aromatic heterocycles. The predicted molar refractivity (Wildman–Crippen MR) is 120 cm³/mol. The molecule has 164 valence electrons. The summed E-state index contributed by atoms with van der Waals surface area (Å²) >= 11 is 12.6. The normalized spacial score (nSPS) is 20.5. The van der Waals surface area contributed by atoms with E-state index in [1.165, 1.54) is 0 Å². The first kappa shape index (κ1) is 21.0. The molecule has 0 saturated carbocycles. The molecule has 0 N–H and O–H groups in total. The summed E-state index contributed by atoms with van der Waals surface area (Å²) in [6, 6.07) is 13.1. The second kappa shape index (κ2) is 8.96. The van der Waals surface area contributed by atoms with Crippen molar-refractivity contribution in [1.29, 1.82) is 0 Å². The number of benzene rings is 2. The number of hydrogen-bond donors (Lipinski definition) is 0. The molecule has 0 aliphatic carbocycles. The number of ether oxygens (including phenoxy) is 3. The van der Waals surface area contributed by atoms with Gasteiger partial charge in [-0.15, -0.1) is 0 Å². The maximum Gasteiger partial charge on any atom is 0.215 e. The Morgan fingerprint density at radius 2 is 1.94 bits per heavy atom. The fourth-order valence-corrected chi connectivity index (χ4v) is 4.26. The highest BCUT2D eigenvalue weighted by Crippen LogP contribution is 2.40. The number of halogens is 2. The van der Waals surface area contributed by atoms with Crippen LogP contribution in [0.4, 0.5) is 0 Å². The van der Waals surface area contributed by atoms with Crippen molar-refractivity contribution in [3.8, 4) is 11.4 Å². The SMILES string of the molecule is Clc1ccc(C2(Cn3ccnc3)OCC(COc3cccc(-n4ccnc4)c3)O2)c(Cl)c1. The van der Waals surface area contributed by atoms with E-state index in [4.69, 9.17) is 37.4 Å². The van der Waals surface area contributed by atoms with Crippen molar-refractivity contribution < 1.29 is 14.2 Å². The van der Waals surface area contributed by atoms with Gasteiger partial charge in [-0.2, -0.15) is 0 Å². The maximum atomic E-state index is 6.52. The van der Waals surface area contributed by atoms with Gasteiger partial charge in [-0.3, -0.25) is 0 Å². The number of nitrogens with zero attached hydrogens (tertiary/aromatic N) is 4. The second-order valence-electron chi connectivity index (χ2n) is 7.44. The molecule has 0 spiro atoms. The summed E-state index contributed by atoms with van der Waals surface area (Å²) in [6.07, 6.45) is 10.3. The van der Waals surface area contributed by atoms with E-state index in [0.29, 0.717) is 35.4 Å². The van der Waals surface area contributed by atoms with Gasteiger partial charge >= 0.3 is 0 Å². The number of rotatable bonds is 7. The average molecular weight is 471 g/mol. The van der Waals surface area contributed by atoms with E-state index >= 15 is 0 Å². The largest absolute Gasteiger partial charge is 0.491 e. The van der Waals surface area contributed by atoms with E-state index in [2.05, 4.69) is 9.97 Å². The molecule has 1 saturated heterocycles. The van der Waals surface area contributed by atoms with Crippen molar-refractivity contribution in [1.82, 2.24) is 19.1 Å². The van der Waals surface area contributed by atoms with Crippen LogP contribution in [0.5, 0.6) is 5.75 Å². The Kier molecular flexibility index (Phi) is 5.89. The van der Waals surface area contributed by atoms with Gasteiger partial charge in [0.2, 0.25) is 5.79 Å². The molecule has 9 heteroatoms. The highest BCUT2D eigenvalue weighted by Gasteiger charge is 2.45. The molecule has 2 unspecified atom stereocenters. The highest BCUT2D eigenvalue weighted by atomic mass is 35.5. The quantitative estimate of drug-likeness (QED) is 0.390. The lowest BCUT2D eigenvalue weighted by Gasteiger charge is -2.30. The molecular weight excluding hydrogens is 451 g/mol. The summed E-state index contributed by atoms with van der Waals surface area (Å²) in [7, 11) is 0. The third-order valence-electron chi connectivity index (χ3n) is 5.21. The summed E-state index contributed by atoms with van der Waals surface area (Å²) in [6.45, 7) is 1.07. The van der Waals surface area contributed by atoms with Gasteiger partial charge in [0.15, 0.2) is 0 Å². The standard InChI is InChI=1S/C23H20Cl2N4O3/c24-17-4-5-21(22(25)10-17)23(14-28-8-6-26-15-28)31-13-20(32-23)12-30-19-3-1-2-18(11-19)29-9-7-27-16-29/h1-11,15-16,20H,12-14H2. The lowest BCUT2D eigenvalue weighted by Crippen LogP contribution is -2.34. The Hall–Kier alpha value is -2.84. The monoisotopic (exact) mass is 470 g/mol. The molecule has 1 aliphatic heterocycles. The van der Waals surface area contributed by atoms with Crippen molar-refractivity contribution in [3.05, 3.63) is 95.5 Å². The fraction of sp³-hybridized carbons (Fsp3) is 0.217. The fourth-order valence-electron chi connectivity index (χ4n) is 3.71. The van der Waals surface area contributed by atoms with Crippen LogP contribution in [0.15, 0.2) is 79.9 Å². The van der Waals surface area contributed by atoms with E-state index in [-0.39, 0.29) is 6.10 Å². The summed E-state index contributed by atoms with van der Waals surface area (Å²) in [5, 5.41) is 1.03. The van der Waals surface area contributed by atoms with E-state index in [9.17, 15) is 0 Å². The molecule has 5 rings (SSSR count). The minimum absolute atomic E-state index is 0.290. The van der Waals surface area contributed by atoms with Crippen LogP contribution in [0.3, 0.4) is 0 Å². The van der Waals surface area contributed by atoms with Crippen LogP contribution in [0, 0.1) is 0 Å². The number of imidazole rings is 2. The zero-order valence-corrected chi connectivity index (χ0v) is 18.5. The van der Waals surface area contributed by atoms with Gasteiger partial charge in [-0.1, -0.05) is 35.3 Å². The van der Waals surface area contributed by atoms with Gasteiger partial charge in [0.1, 0.15) is 18.5 Å². The van der Waals surface area contributed by atoms with E-state index < -0.39 is 5.79 Å². The molecule has 1 fully saturated rings. The second-order valence-corrected chi connectivity index (χ2v) is 8.28. The van der Waals surface area contributed by atoms with Crippen molar-refractivity contribution in [2.24, 2.45) is 0 Å². The predicted octanol–water partition coefficient (Wildman–Crippen LogP) is 4.72. The molecule has 0 bridgehead atoms. The van der Waals surface area contributed by atoms with Crippen LogP contribution in [-0.2, 0) is 21.8 Å². The van der Waals surface area contributed by atoms with Crippen molar-refractivity contribution >= 4 is 23.2 Å². The molecule has 4 aromatic rings. The van der Waals surface area contributed by atoms with Gasteiger partial charge in [-0.05, 0) is 24.3 Å². The van der Waals surface area contributed by atoms with E-state index in [0.717, 1.165) is 11.4 Å². The van der Waals surface area contributed by atoms with E-state index in [1.807, 2.05) is 51.9 Å². The first-order chi connectivity index (χ1) is 15.6. The zero-order valence-electron chi connectivity index (χ0n) is 17.0. The third kappa shape index (κ3) is 4.38. The Bertz CT molecular complexity index is 1180. The van der Waals surface area contributed by atoms with Crippen LogP contribution < -0.4 is 4.74 Å². The Balaban J connectivity index is 1.33. The van der Waals surface area contributed by atoms with Crippen LogP contribution in [0.2, 0.25) is 10.0 Å². The smallest absolute Gasteiger partial charge is 0.215 e. The summed E-state index contributed by atoms with van der Waals surface area (Å²) in [5.74, 6) is -0.342. The maximum absolute atomic E-state index is 6.52. The van der Waals surface area contributed by atoms with Gasteiger partial charge < -0.3 is 23.3 Å². The first-order valence-corrected chi connectivity index (χ1v) is 10.8. The van der Waals surface area contributed by atoms with E-state index in [1.54, 1.807) is 37.2 Å². The van der Waals surface area contributed by atoms with Gasteiger partial charge in [0.05, 0.1) is 36.5 Å². The molecule has 3 heterocycles. The molecule has 2 aromatic carbocycles. The summed E-state index contributed by atoms with van der Waals surface area (Å²) in [5.41, 5.74) is 1.67. The minimum Gasteiger partial charge on any atom is -0.491 e. The molecule has 1 aliphatic rings. The third-order valence-corrected chi connectivity index (χ3v) is 5.75. The lowest BCUT2D eigenvalue weighted by atomic mass is 10.1. The van der Waals surface area contributed by atoms with Crippen molar-refractivity contribution in [2.75, 3.05) is 13.2 Å². The molecule has 2 atom stereocenters. The molecule has 0 amide bonds. The van der Waals surface area contributed by atoms with Crippen molar-refractivity contribution in [3.63, 3.8) is 0 Å². The Labute approximate surface area is 195 Å². The topological polar surface area (TPSA) is 63.3 Å². The summed E-state index contributed by atoms with van der Waals surface area (Å²) in [4.78, 5) is 8.20. The molecule has 0 radical (unpaired) electrons. The summed E-state index contributed by atoms with van der Waals surface area (Å²) < 4.78 is 22.5. The Morgan fingerprint density at radius 1 is 1.06 bits per heavy atom. The molecular formula is C23H20Cl2N4O3. The molecule has 32 heavy (non-hydrogen) atoms. The lowest BCUT2D eigenvalue weighted by molar-refractivity contribution is -0.189. The van der Waals surface area contributed by atoms with Gasteiger partial charge in [0, 0.05) is 41.4 Å². The minimum atomic E-state index is -1.07.